The quantitative estimate of drug-likeness (QED) is 0.807. The van der Waals surface area contributed by atoms with Gasteiger partial charge in [-0.2, -0.15) is 10.2 Å². The van der Waals surface area contributed by atoms with Gasteiger partial charge in [0.25, 0.3) is 0 Å². The Morgan fingerprint density at radius 2 is 2.21 bits per heavy atom. The Hall–Kier alpha value is -2.03. The molecule has 0 amide bonds. The fraction of sp³-hybridized carbons (Fsp3) is 0.615. The van der Waals surface area contributed by atoms with Crippen LogP contribution in [-0.2, 0) is 0 Å². The molecule has 0 spiro atoms. The van der Waals surface area contributed by atoms with Gasteiger partial charge in [0, 0.05) is 13.1 Å². The third-order valence-corrected chi connectivity index (χ3v) is 2.49. The van der Waals surface area contributed by atoms with Crippen molar-refractivity contribution in [2.45, 2.75) is 27.2 Å². The van der Waals surface area contributed by atoms with Crippen LogP contribution in [0.1, 0.15) is 27.2 Å². The van der Waals surface area contributed by atoms with Crippen molar-refractivity contribution < 1.29 is 4.74 Å². The van der Waals surface area contributed by atoms with Gasteiger partial charge >= 0.3 is 0 Å². The Kier molecular flexibility index (Phi) is 5.86. The molecule has 0 fully saturated rings. The average molecular weight is 263 g/mol. The number of anilines is 2. The van der Waals surface area contributed by atoms with Gasteiger partial charge in [-0.05, 0) is 12.8 Å². The van der Waals surface area contributed by atoms with Crippen LogP contribution in [0.2, 0.25) is 0 Å². The molecule has 0 unspecified atom stereocenters. The zero-order valence-electron chi connectivity index (χ0n) is 11.8. The maximum Gasteiger partial charge on any atom is 0.242 e. The minimum absolute atomic E-state index is 0.401. The van der Waals surface area contributed by atoms with E-state index in [-0.39, 0.29) is 0 Å². The first kappa shape index (κ1) is 15.0. The molecular weight excluding hydrogens is 242 g/mol. The van der Waals surface area contributed by atoms with Crippen molar-refractivity contribution in [1.29, 1.82) is 5.26 Å². The molecule has 104 valence electrons. The topological polar surface area (TPSA) is 88.1 Å². The summed E-state index contributed by atoms with van der Waals surface area (Å²) in [5.41, 5.74) is 6.48. The number of hydrogen-bond donors (Lipinski definition) is 1. The number of ether oxygens (including phenoxy) is 1. The lowest BCUT2D eigenvalue weighted by atomic mass is 10.2. The van der Waals surface area contributed by atoms with Gasteiger partial charge in [0.2, 0.25) is 5.88 Å². The molecule has 0 radical (unpaired) electrons. The molecule has 6 heteroatoms. The standard InChI is InChI=1S/C13H21N5O/c1-4-19-13-11(15)12(16-9-17-13)18(7-5-6-14)8-10(2)3/h9-10H,4-5,7-8,15H2,1-3H3. The molecule has 0 saturated heterocycles. The van der Waals surface area contributed by atoms with E-state index in [1.165, 1.54) is 6.33 Å². The van der Waals surface area contributed by atoms with E-state index < -0.39 is 0 Å². The summed E-state index contributed by atoms with van der Waals surface area (Å²) in [7, 11) is 0. The predicted molar refractivity (Wildman–Crippen MR) is 74.9 cm³/mol. The van der Waals surface area contributed by atoms with Crippen LogP contribution in [0, 0.1) is 17.2 Å². The highest BCUT2D eigenvalue weighted by Gasteiger charge is 2.16. The molecule has 1 heterocycles. The molecule has 0 aliphatic carbocycles. The van der Waals surface area contributed by atoms with E-state index in [0.29, 0.717) is 42.9 Å². The zero-order chi connectivity index (χ0) is 14.3. The van der Waals surface area contributed by atoms with Gasteiger partial charge in [0.1, 0.15) is 12.0 Å². The first-order valence-corrected chi connectivity index (χ1v) is 6.45. The van der Waals surface area contributed by atoms with E-state index in [0.717, 1.165) is 6.54 Å². The maximum absolute atomic E-state index is 8.74. The number of nitrogens with zero attached hydrogens (tertiary/aromatic N) is 4. The summed E-state index contributed by atoms with van der Waals surface area (Å²) in [6.07, 6.45) is 1.87. The molecule has 0 aliphatic heterocycles. The lowest BCUT2D eigenvalue weighted by Crippen LogP contribution is -2.30. The maximum atomic E-state index is 8.74. The van der Waals surface area contributed by atoms with Gasteiger partial charge in [-0.3, -0.25) is 0 Å². The van der Waals surface area contributed by atoms with Crippen molar-refractivity contribution in [3.63, 3.8) is 0 Å². The minimum Gasteiger partial charge on any atom is -0.476 e. The van der Waals surface area contributed by atoms with Crippen LogP contribution in [0.25, 0.3) is 0 Å². The molecule has 1 rings (SSSR count). The molecule has 1 aromatic heterocycles. The zero-order valence-corrected chi connectivity index (χ0v) is 11.8. The molecule has 0 saturated carbocycles. The Bertz CT molecular complexity index is 441. The minimum atomic E-state index is 0.401. The van der Waals surface area contributed by atoms with E-state index in [1.54, 1.807) is 0 Å². The van der Waals surface area contributed by atoms with Crippen molar-refractivity contribution in [2.24, 2.45) is 5.92 Å². The van der Waals surface area contributed by atoms with Crippen molar-refractivity contribution in [2.75, 3.05) is 30.3 Å². The van der Waals surface area contributed by atoms with Gasteiger partial charge in [-0.25, -0.2) is 4.98 Å². The van der Waals surface area contributed by atoms with E-state index in [1.807, 2.05) is 11.8 Å². The van der Waals surface area contributed by atoms with Crippen molar-refractivity contribution >= 4 is 11.5 Å². The fourth-order valence-electron chi connectivity index (χ4n) is 1.78. The molecule has 19 heavy (non-hydrogen) atoms. The van der Waals surface area contributed by atoms with Gasteiger partial charge < -0.3 is 15.4 Å². The highest BCUT2D eigenvalue weighted by molar-refractivity contribution is 5.67. The number of nitrogen functional groups attached to an aromatic ring is 1. The van der Waals surface area contributed by atoms with E-state index in [4.69, 9.17) is 15.7 Å². The third kappa shape index (κ3) is 4.28. The summed E-state index contributed by atoms with van der Waals surface area (Å²) in [6, 6.07) is 2.14. The van der Waals surface area contributed by atoms with Gasteiger partial charge in [0.15, 0.2) is 5.82 Å². The Morgan fingerprint density at radius 3 is 2.79 bits per heavy atom. The SMILES string of the molecule is CCOc1ncnc(N(CCC#N)CC(C)C)c1N. The molecule has 0 bridgehead atoms. The monoisotopic (exact) mass is 263 g/mol. The summed E-state index contributed by atoms with van der Waals surface area (Å²) in [4.78, 5) is 10.3. The van der Waals surface area contributed by atoms with Gasteiger partial charge in [0.05, 0.1) is 19.1 Å². The molecule has 6 nitrogen and oxygen atoms in total. The second-order valence-electron chi connectivity index (χ2n) is 4.60. The largest absolute Gasteiger partial charge is 0.476 e. The van der Waals surface area contributed by atoms with Crippen LogP contribution in [0.5, 0.6) is 5.88 Å². The van der Waals surface area contributed by atoms with Crippen LogP contribution in [0.4, 0.5) is 11.5 Å². The second-order valence-corrected chi connectivity index (χ2v) is 4.60. The van der Waals surface area contributed by atoms with E-state index >= 15 is 0 Å². The molecule has 2 N–H and O–H groups in total. The van der Waals surface area contributed by atoms with Crippen molar-refractivity contribution in [1.82, 2.24) is 9.97 Å². The number of aromatic nitrogens is 2. The summed E-state index contributed by atoms with van der Waals surface area (Å²) < 4.78 is 5.37. The van der Waals surface area contributed by atoms with Gasteiger partial charge in [-0.15, -0.1) is 0 Å². The normalized spacial score (nSPS) is 10.3. The van der Waals surface area contributed by atoms with Crippen LogP contribution >= 0.6 is 0 Å². The van der Waals surface area contributed by atoms with Crippen LogP contribution in [-0.4, -0.2) is 29.7 Å². The summed E-state index contributed by atoms with van der Waals surface area (Å²) in [5.74, 6) is 1.49. The molecule has 1 aromatic rings. The fourth-order valence-corrected chi connectivity index (χ4v) is 1.78. The highest BCUT2D eigenvalue weighted by atomic mass is 16.5. The molecular formula is C13H21N5O. The van der Waals surface area contributed by atoms with Crippen LogP contribution in [0.15, 0.2) is 6.33 Å². The van der Waals surface area contributed by atoms with Crippen molar-refractivity contribution in [3.8, 4) is 11.9 Å². The van der Waals surface area contributed by atoms with Gasteiger partial charge in [-0.1, -0.05) is 13.8 Å². The van der Waals surface area contributed by atoms with Crippen LogP contribution in [0.3, 0.4) is 0 Å². The van der Waals surface area contributed by atoms with Crippen molar-refractivity contribution in [3.05, 3.63) is 6.33 Å². The number of hydrogen-bond acceptors (Lipinski definition) is 6. The number of nitriles is 1. The molecule has 0 aromatic carbocycles. The summed E-state index contributed by atoms with van der Waals surface area (Å²) in [5, 5.41) is 8.74. The lowest BCUT2D eigenvalue weighted by molar-refractivity contribution is 0.328. The molecule has 0 atom stereocenters. The predicted octanol–water partition coefficient (Wildman–Crippen LogP) is 1.83. The Morgan fingerprint density at radius 1 is 1.47 bits per heavy atom. The summed E-state index contributed by atoms with van der Waals surface area (Å²) >= 11 is 0. The van der Waals surface area contributed by atoms with Crippen LogP contribution < -0.4 is 15.4 Å². The average Bonchev–Trinajstić information content (AvgIpc) is 2.37. The van der Waals surface area contributed by atoms with E-state index in [9.17, 15) is 0 Å². The second kappa shape index (κ2) is 7.41. The first-order valence-electron chi connectivity index (χ1n) is 6.45. The Labute approximate surface area is 114 Å². The highest BCUT2D eigenvalue weighted by Crippen LogP contribution is 2.28. The smallest absolute Gasteiger partial charge is 0.242 e. The lowest BCUT2D eigenvalue weighted by Gasteiger charge is -2.26. The third-order valence-electron chi connectivity index (χ3n) is 2.49. The number of rotatable bonds is 7. The Balaban J connectivity index is 3.00. The first-order chi connectivity index (χ1) is 9.10. The molecule has 0 aliphatic rings. The number of nitrogens with two attached hydrogens (primary N) is 1. The summed E-state index contributed by atoms with van der Waals surface area (Å²) in [6.45, 7) is 7.99. The van der Waals surface area contributed by atoms with E-state index in [2.05, 4.69) is 29.9 Å².